The van der Waals surface area contributed by atoms with E-state index in [1.165, 1.54) is 16.2 Å². The molecule has 1 aromatic rings. The fourth-order valence-corrected chi connectivity index (χ4v) is 2.86. The number of nitrogens with zero attached hydrogens (tertiary/aromatic N) is 1. The third-order valence-corrected chi connectivity index (χ3v) is 4.19. The van der Waals surface area contributed by atoms with Crippen molar-refractivity contribution in [3.8, 4) is 0 Å². The molecule has 1 aliphatic rings. The van der Waals surface area contributed by atoms with Gasteiger partial charge in [-0.2, -0.15) is 0 Å². The van der Waals surface area contributed by atoms with Gasteiger partial charge in [-0.05, 0) is 25.5 Å². The minimum Gasteiger partial charge on any atom is -0.480 e. The summed E-state index contributed by atoms with van der Waals surface area (Å²) in [5, 5.41) is 9.09. The standard InChI is InChI=1S/C12H15NO4S/c1-7-5-10(18-8(7)2)11(14)13-3-4-17-6-9(13)12(15)16/h5,9H,3-4,6H2,1-2H3,(H,15,16). The summed E-state index contributed by atoms with van der Waals surface area (Å²) in [5.41, 5.74) is 1.06. The number of rotatable bonds is 2. The Bertz CT molecular complexity index is 463. The first kappa shape index (κ1) is 13.0. The SMILES string of the molecule is Cc1cc(C(=O)N2CCOCC2C(=O)O)sc1C. The number of carbonyl (C=O) groups excluding carboxylic acids is 1. The molecule has 1 aromatic heterocycles. The molecule has 0 spiro atoms. The number of aryl methyl sites for hydroxylation is 2. The molecule has 1 saturated heterocycles. The molecule has 1 atom stereocenters. The zero-order valence-electron chi connectivity index (χ0n) is 10.3. The minimum absolute atomic E-state index is 0.0599. The molecule has 98 valence electrons. The van der Waals surface area contributed by atoms with Gasteiger partial charge in [0.15, 0.2) is 6.04 Å². The van der Waals surface area contributed by atoms with E-state index in [1.54, 1.807) is 0 Å². The third-order valence-electron chi connectivity index (χ3n) is 3.05. The molecule has 1 fully saturated rings. The van der Waals surface area contributed by atoms with Gasteiger partial charge in [0.05, 0.1) is 18.1 Å². The van der Waals surface area contributed by atoms with E-state index in [1.807, 2.05) is 19.9 Å². The van der Waals surface area contributed by atoms with Crippen LogP contribution in [0.1, 0.15) is 20.1 Å². The number of hydrogen-bond acceptors (Lipinski definition) is 4. The molecule has 18 heavy (non-hydrogen) atoms. The summed E-state index contributed by atoms with van der Waals surface area (Å²) in [6, 6.07) is 0.936. The highest BCUT2D eigenvalue weighted by molar-refractivity contribution is 7.14. The smallest absolute Gasteiger partial charge is 0.328 e. The van der Waals surface area contributed by atoms with Crippen LogP contribution in [0.3, 0.4) is 0 Å². The van der Waals surface area contributed by atoms with Gasteiger partial charge in [-0.1, -0.05) is 0 Å². The van der Waals surface area contributed by atoms with E-state index < -0.39 is 12.0 Å². The second-order valence-electron chi connectivity index (χ2n) is 4.28. The molecule has 1 aliphatic heterocycles. The van der Waals surface area contributed by atoms with Crippen molar-refractivity contribution in [1.29, 1.82) is 0 Å². The Morgan fingerprint density at radius 1 is 1.50 bits per heavy atom. The Labute approximate surface area is 109 Å². The van der Waals surface area contributed by atoms with Crippen LogP contribution in [0.5, 0.6) is 0 Å². The van der Waals surface area contributed by atoms with Crippen molar-refractivity contribution >= 4 is 23.2 Å². The van der Waals surface area contributed by atoms with Gasteiger partial charge in [0.1, 0.15) is 0 Å². The molecular formula is C12H15NO4S. The Balaban J connectivity index is 2.23. The second kappa shape index (κ2) is 5.07. The monoisotopic (exact) mass is 269 g/mol. The summed E-state index contributed by atoms with van der Waals surface area (Å²) in [7, 11) is 0. The minimum atomic E-state index is -1.02. The Morgan fingerprint density at radius 3 is 2.78 bits per heavy atom. The highest BCUT2D eigenvalue weighted by Crippen LogP contribution is 2.23. The first-order valence-electron chi connectivity index (χ1n) is 5.69. The van der Waals surface area contributed by atoms with Crippen LogP contribution in [0, 0.1) is 13.8 Å². The summed E-state index contributed by atoms with van der Waals surface area (Å²) < 4.78 is 5.12. The summed E-state index contributed by atoms with van der Waals surface area (Å²) in [6.45, 7) is 4.66. The van der Waals surface area contributed by atoms with Crippen LogP contribution >= 0.6 is 11.3 Å². The Kier molecular flexibility index (Phi) is 3.68. The lowest BCUT2D eigenvalue weighted by Crippen LogP contribution is -2.52. The topological polar surface area (TPSA) is 66.8 Å². The van der Waals surface area contributed by atoms with Crippen LogP contribution in [0.15, 0.2) is 6.07 Å². The normalized spacial score (nSPS) is 19.9. The van der Waals surface area contributed by atoms with Crippen LogP contribution in [-0.4, -0.2) is 47.7 Å². The van der Waals surface area contributed by atoms with E-state index in [-0.39, 0.29) is 12.5 Å². The molecule has 1 amide bonds. The lowest BCUT2D eigenvalue weighted by Gasteiger charge is -2.32. The van der Waals surface area contributed by atoms with Gasteiger partial charge in [-0.25, -0.2) is 4.79 Å². The molecule has 1 unspecified atom stereocenters. The third kappa shape index (κ3) is 2.39. The molecule has 2 heterocycles. The van der Waals surface area contributed by atoms with Gasteiger partial charge in [0, 0.05) is 11.4 Å². The number of carbonyl (C=O) groups is 2. The number of ether oxygens (including phenoxy) is 1. The molecule has 1 N–H and O–H groups in total. The molecule has 0 bridgehead atoms. The fourth-order valence-electron chi connectivity index (χ4n) is 1.87. The van der Waals surface area contributed by atoms with Crippen LogP contribution < -0.4 is 0 Å². The van der Waals surface area contributed by atoms with Crippen molar-refractivity contribution < 1.29 is 19.4 Å². The maximum Gasteiger partial charge on any atom is 0.328 e. The average Bonchev–Trinajstić information content (AvgIpc) is 2.68. The van der Waals surface area contributed by atoms with Crippen LogP contribution in [0.4, 0.5) is 0 Å². The number of carboxylic acids is 1. The molecule has 0 radical (unpaired) electrons. The van der Waals surface area contributed by atoms with Crippen molar-refractivity contribution in [2.45, 2.75) is 19.9 Å². The number of hydrogen-bond donors (Lipinski definition) is 1. The molecule has 0 saturated carbocycles. The van der Waals surface area contributed by atoms with Crippen LogP contribution in [0.2, 0.25) is 0 Å². The molecular weight excluding hydrogens is 254 g/mol. The fraction of sp³-hybridized carbons (Fsp3) is 0.500. The van der Waals surface area contributed by atoms with E-state index in [0.717, 1.165) is 10.4 Å². The van der Waals surface area contributed by atoms with E-state index in [4.69, 9.17) is 9.84 Å². The summed E-state index contributed by atoms with van der Waals surface area (Å²) in [5.74, 6) is -1.24. The zero-order chi connectivity index (χ0) is 13.3. The number of amides is 1. The maximum atomic E-state index is 12.3. The van der Waals surface area contributed by atoms with Crippen molar-refractivity contribution in [3.05, 3.63) is 21.4 Å². The van der Waals surface area contributed by atoms with Gasteiger partial charge in [-0.15, -0.1) is 11.3 Å². The maximum absolute atomic E-state index is 12.3. The molecule has 0 aliphatic carbocycles. The summed E-state index contributed by atoms with van der Waals surface area (Å²) >= 11 is 1.40. The van der Waals surface area contributed by atoms with Gasteiger partial charge in [0.25, 0.3) is 5.91 Å². The second-order valence-corrected chi connectivity index (χ2v) is 5.53. The summed E-state index contributed by atoms with van der Waals surface area (Å²) in [4.78, 5) is 26.5. The Morgan fingerprint density at radius 2 is 2.22 bits per heavy atom. The molecule has 0 aromatic carbocycles. The van der Waals surface area contributed by atoms with Crippen molar-refractivity contribution in [2.75, 3.05) is 19.8 Å². The van der Waals surface area contributed by atoms with Crippen molar-refractivity contribution in [2.24, 2.45) is 0 Å². The average molecular weight is 269 g/mol. The van der Waals surface area contributed by atoms with Gasteiger partial charge < -0.3 is 14.7 Å². The molecule has 6 heteroatoms. The predicted molar refractivity (Wildman–Crippen MR) is 67.1 cm³/mol. The number of aliphatic carboxylic acids is 1. The van der Waals surface area contributed by atoms with E-state index >= 15 is 0 Å². The zero-order valence-corrected chi connectivity index (χ0v) is 11.1. The molecule has 5 nitrogen and oxygen atoms in total. The largest absolute Gasteiger partial charge is 0.480 e. The van der Waals surface area contributed by atoms with Gasteiger partial charge >= 0.3 is 5.97 Å². The molecule has 2 rings (SSSR count). The van der Waals surface area contributed by atoms with Gasteiger partial charge in [0.2, 0.25) is 0 Å². The van der Waals surface area contributed by atoms with E-state index in [0.29, 0.717) is 18.0 Å². The number of morpholine rings is 1. The Hall–Kier alpha value is -1.40. The van der Waals surface area contributed by atoms with Crippen molar-refractivity contribution in [1.82, 2.24) is 4.90 Å². The van der Waals surface area contributed by atoms with Crippen molar-refractivity contribution in [3.63, 3.8) is 0 Å². The van der Waals surface area contributed by atoms with E-state index in [9.17, 15) is 9.59 Å². The lowest BCUT2D eigenvalue weighted by atomic mass is 10.2. The highest BCUT2D eigenvalue weighted by atomic mass is 32.1. The summed E-state index contributed by atoms with van der Waals surface area (Å²) in [6.07, 6.45) is 0. The predicted octanol–water partition coefficient (Wildman–Crippen LogP) is 1.29. The highest BCUT2D eigenvalue weighted by Gasteiger charge is 2.33. The first-order valence-corrected chi connectivity index (χ1v) is 6.51. The first-order chi connectivity index (χ1) is 8.50. The number of carboxylic acid groups (broad SMARTS) is 1. The quantitative estimate of drug-likeness (QED) is 0.878. The van der Waals surface area contributed by atoms with Gasteiger partial charge in [-0.3, -0.25) is 4.79 Å². The van der Waals surface area contributed by atoms with E-state index in [2.05, 4.69) is 0 Å². The van der Waals surface area contributed by atoms with Crippen LogP contribution in [-0.2, 0) is 9.53 Å². The number of thiophene rings is 1. The lowest BCUT2D eigenvalue weighted by molar-refractivity contribution is -0.147. The van der Waals surface area contributed by atoms with Crippen LogP contribution in [0.25, 0.3) is 0 Å².